The standard InChI is InChI=1S/C12H16ClNO3S/c1-12(6-15,7-16)14-11(17)9-5-8(18-2)3-4-10(9)13/h3-5,15-16H,6-7H2,1-2H3,(H,14,17). The number of benzene rings is 1. The van der Waals surface area contributed by atoms with E-state index in [-0.39, 0.29) is 13.2 Å². The molecule has 0 unspecified atom stereocenters. The zero-order valence-corrected chi connectivity index (χ0v) is 11.8. The van der Waals surface area contributed by atoms with Gasteiger partial charge in [-0.05, 0) is 31.4 Å². The number of aliphatic hydroxyl groups excluding tert-OH is 2. The summed E-state index contributed by atoms with van der Waals surface area (Å²) in [5.41, 5.74) is -0.730. The van der Waals surface area contributed by atoms with Crippen LogP contribution >= 0.6 is 23.4 Å². The van der Waals surface area contributed by atoms with Crippen LogP contribution in [0.3, 0.4) is 0 Å². The van der Waals surface area contributed by atoms with E-state index in [0.29, 0.717) is 10.6 Å². The molecule has 1 rings (SSSR count). The number of halogens is 1. The van der Waals surface area contributed by atoms with E-state index >= 15 is 0 Å². The Morgan fingerprint density at radius 2 is 2.06 bits per heavy atom. The summed E-state index contributed by atoms with van der Waals surface area (Å²) in [7, 11) is 0. The first-order valence-electron chi connectivity index (χ1n) is 5.33. The van der Waals surface area contributed by atoms with E-state index in [9.17, 15) is 4.79 Å². The summed E-state index contributed by atoms with van der Waals surface area (Å²) in [6.07, 6.45) is 1.90. The lowest BCUT2D eigenvalue weighted by Crippen LogP contribution is -2.51. The van der Waals surface area contributed by atoms with E-state index in [1.807, 2.05) is 12.3 Å². The highest BCUT2D eigenvalue weighted by atomic mass is 35.5. The third kappa shape index (κ3) is 3.62. The van der Waals surface area contributed by atoms with Crippen molar-refractivity contribution in [1.82, 2.24) is 5.32 Å². The maximum absolute atomic E-state index is 12.0. The molecule has 6 heteroatoms. The number of hydrogen-bond donors (Lipinski definition) is 3. The van der Waals surface area contributed by atoms with Crippen molar-refractivity contribution in [2.45, 2.75) is 17.4 Å². The van der Waals surface area contributed by atoms with Crippen LogP contribution in [-0.2, 0) is 0 Å². The molecule has 0 saturated carbocycles. The molecule has 18 heavy (non-hydrogen) atoms. The van der Waals surface area contributed by atoms with Crippen molar-refractivity contribution >= 4 is 29.3 Å². The first-order chi connectivity index (χ1) is 8.45. The first-order valence-corrected chi connectivity index (χ1v) is 6.94. The van der Waals surface area contributed by atoms with Crippen LogP contribution in [0.15, 0.2) is 23.1 Å². The molecule has 4 nitrogen and oxygen atoms in total. The number of carbonyl (C=O) groups excluding carboxylic acids is 1. The summed E-state index contributed by atoms with van der Waals surface area (Å²) in [5.74, 6) is -0.415. The van der Waals surface area contributed by atoms with Crippen LogP contribution in [0.4, 0.5) is 0 Å². The molecule has 0 aliphatic carbocycles. The van der Waals surface area contributed by atoms with Crippen LogP contribution in [0.25, 0.3) is 0 Å². The van der Waals surface area contributed by atoms with Gasteiger partial charge >= 0.3 is 0 Å². The average molecular weight is 290 g/mol. The molecule has 0 atom stereocenters. The smallest absolute Gasteiger partial charge is 0.253 e. The molecule has 0 fully saturated rings. The van der Waals surface area contributed by atoms with Gasteiger partial charge in [-0.2, -0.15) is 0 Å². The van der Waals surface area contributed by atoms with Crippen molar-refractivity contribution in [3.05, 3.63) is 28.8 Å². The molecule has 3 N–H and O–H groups in total. The molecule has 0 heterocycles. The third-order valence-corrected chi connectivity index (χ3v) is 3.59. The Morgan fingerprint density at radius 1 is 1.44 bits per heavy atom. The van der Waals surface area contributed by atoms with Gasteiger partial charge in [-0.25, -0.2) is 0 Å². The lowest BCUT2D eigenvalue weighted by atomic mass is 10.0. The second-order valence-electron chi connectivity index (χ2n) is 4.18. The number of rotatable bonds is 5. The normalized spacial score (nSPS) is 11.4. The SMILES string of the molecule is CSc1ccc(Cl)c(C(=O)NC(C)(CO)CO)c1. The third-order valence-electron chi connectivity index (χ3n) is 2.53. The van der Waals surface area contributed by atoms with Crippen LogP contribution < -0.4 is 5.32 Å². The fourth-order valence-corrected chi connectivity index (χ4v) is 1.92. The lowest BCUT2D eigenvalue weighted by Gasteiger charge is -2.26. The van der Waals surface area contributed by atoms with Crippen molar-refractivity contribution in [2.75, 3.05) is 19.5 Å². The largest absolute Gasteiger partial charge is 0.394 e. The maximum Gasteiger partial charge on any atom is 0.253 e. The van der Waals surface area contributed by atoms with Gasteiger partial charge in [0, 0.05) is 4.90 Å². The number of carbonyl (C=O) groups is 1. The van der Waals surface area contributed by atoms with Crippen LogP contribution in [0, 0.1) is 0 Å². The molecule has 1 aromatic rings. The molecule has 0 saturated heterocycles. The molecule has 0 aromatic heterocycles. The number of amides is 1. The van der Waals surface area contributed by atoms with Gasteiger partial charge in [-0.3, -0.25) is 4.79 Å². The van der Waals surface area contributed by atoms with Crippen molar-refractivity contribution in [3.63, 3.8) is 0 Å². The Kier molecular flexibility index (Phi) is 5.47. The van der Waals surface area contributed by atoms with E-state index in [1.54, 1.807) is 19.1 Å². The summed E-state index contributed by atoms with van der Waals surface area (Å²) in [4.78, 5) is 13.0. The highest BCUT2D eigenvalue weighted by Gasteiger charge is 2.26. The molecule has 1 aromatic carbocycles. The van der Waals surface area contributed by atoms with Crippen LogP contribution in [0.2, 0.25) is 5.02 Å². The van der Waals surface area contributed by atoms with E-state index in [0.717, 1.165) is 4.90 Å². The van der Waals surface area contributed by atoms with Gasteiger partial charge in [0.15, 0.2) is 0 Å². The monoisotopic (exact) mass is 289 g/mol. The minimum absolute atomic E-state index is 0.330. The predicted octanol–water partition coefficient (Wildman–Crippen LogP) is 1.54. The van der Waals surface area contributed by atoms with E-state index in [1.165, 1.54) is 11.8 Å². The Labute approximate surface area is 115 Å². The van der Waals surface area contributed by atoms with Crippen molar-refractivity contribution in [3.8, 4) is 0 Å². The molecule has 0 radical (unpaired) electrons. The zero-order chi connectivity index (χ0) is 13.8. The predicted molar refractivity (Wildman–Crippen MR) is 73.3 cm³/mol. The lowest BCUT2D eigenvalue weighted by molar-refractivity contribution is 0.0724. The fraction of sp³-hybridized carbons (Fsp3) is 0.417. The summed E-state index contributed by atoms with van der Waals surface area (Å²) in [5, 5.41) is 21.2. The van der Waals surface area contributed by atoms with Gasteiger partial charge in [-0.1, -0.05) is 11.6 Å². The second kappa shape index (κ2) is 6.43. The average Bonchev–Trinajstić information content (AvgIpc) is 2.39. The first kappa shape index (κ1) is 15.3. The summed E-state index contributed by atoms with van der Waals surface area (Å²) >= 11 is 7.47. The molecule has 0 aliphatic heterocycles. The van der Waals surface area contributed by atoms with Crippen molar-refractivity contribution < 1.29 is 15.0 Å². The summed E-state index contributed by atoms with van der Waals surface area (Å²) < 4.78 is 0. The minimum Gasteiger partial charge on any atom is -0.394 e. The van der Waals surface area contributed by atoms with Gasteiger partial charge < -0.3 is 15.5 Å². The highest BCUT2D eigenvalue weighted by Crippen LogP contribution is 2.23. The number of aliphatic hydroxyl groups is 2. The summed E-state index contributed by atoms with van der Waals surface area (Å²) in [6, 6.07) is 5.15. The van der Waals surface area contributed by atoms with Crippen LogP contribution in [0.5, 0.6) is 0 Å². The van der Waals surface area contributed by atoms with Gasteiger partial charge in [0.25, 0.3) is 5.91 Å². The Balaban J connectivity index is 2.97. The fourth-order valence-electron chi connectivity index (χ4n) is 1.28. The number of thioether (sulfide) groups is 1. The number of nitrogens with one attached hydrogen (secondary N) is 1. The number of hydrogen-bond acceptors (Lipinski definition) is 4. The topological polar surface area (TPSA) is 69.6 Å². The second-order valence-corrected chi connectivity index (χ2v) is 5.46. The quantitative estimate of drug-likeness (QED) is 0.719. The molecule has 0 spiro atoms. The highest BCUT2D eigenvalue weighted by molar-refractivity contribution is 7.98. The Hall–Kier alpha value is -0.750. The maximum atomic E-state index is 12.0. The molecule has 0 bridgehead atoms. The zero-order valence-electron chi connectivity index (χ0n) is 10.2. The summed E-state index contributed by atoms with van der Waals surface area (Å²) in [6.45, 7) is 0.849. The van der Waals surface area contributed by atoms with Gasteiger partial charge in [-0.15, -0.1) is 11.8 Å². The minimum atomic E-state index is -1.06. The van der Waals surface area contributed by atoms with Gasteiger partial charge in [0.2, 0.25) is 0 Å². The van der Waals surface area contributed by atoms with Gasteiger partial charge in [0.1, 0.15) is 0 Å². The molecule has 1 amide bonds. The molecular formula is C12H16ClNO3S. The Bertz CT molecular complexity index is 435. The van der Waals surface area contributed by atoms with E-state index in [4.69, 9.17) is 21.8 Å². The van der Waals surface area contributed by atoms with E-state index in [2.05, 4.69) is 5.32 Å². The molecule has 0 aliphatic rings. The molecular weight excluding hydrogens is 274 g/mol. The van der Waals surface area contributed by atoms with Crippen LogP contribution in [-0.4, -0.2) is 41.1 Å². The van der Waals surface area contributed by atoms with Crippen molar-refractivity contribution in [1.29, 1.82) is 0 Å². The van der Waals surface area contributed by atoms with Gasteiger partial charge in [0.05, 0.1) is 29.3 Å². The Morgan fingerprint density at radius 3 is 2.56 bits per heavy atom. The van der Waals surface area contributed by atoms with E-state index < -0.39 is 11.4 Å². The molecule has 100 valence electrons. The van der Waals surface area contributed by atoms with Crippen molar-refractivity contribution in [2.24, 2.45) is 0 Å². The van der Waals surface area contributed by atoms with Crippen LogP contribution in [0.1, 0.15) is 17.3 Å².